The molecule has 1 atom stereocenters. The Morgan fingerprint density at radius 3 is 2.56 bits per heavy atom. The topological polar surface area (TPSA) is 20.2 Å². The molecule has 0 spiro atoms. The van der Waals surface area contributed by atoms with Gasteiger partial charge >= 0.3 is 0 Å². The van der Waals surface area contributed by atoms with Gasteiger partial charge in [0.05, 0.1) is 6.10 Å². The zero-order chi connectivity index (χ0) is 13.2. The second-order valence-corrected chi connectivity index (χ2v) is 5.96. The van der Waals surface area contributed by atoms with E-state index >= 15 is 0 Å². The first-order valence-electron chi connectivity index (χ1n) is 7.15. The molecule has 0 aliphatic rings. The molecule has 0 radical (unpaired) electrons. The molecule has 1 unspecified atom stereocenters. The van der Waals surface area contributed by atoms with Crippen LogP contribution in [0.15, 0.2) is 28.7 Å². The van der Waals surface area contributed by atoms with Gasteiger partial charge in [0.2, 0.25) is 0 Å². The number of rotatable bonds is 9. The summed E-state index contributed by atoms with van der Waals surface area (Å²) in [6.07, 6.45) is 9.23. The van der Waals surface area contributed by atoms with Crippen molar-refractivity contribution in [1.82, 2.24) is 0 Å². The summed E-state index contributed by atoms with van der Waals surface area (Å²) < 4.78 is 1.09. The summed E-state index contributed by atoms with van der Waals surface area (Å²) >= 11 is 3.46. The minimum atomic E-state index is -0.189. The molecule has 0 aromatic heterocycles. The molecule has 0 saturated carbocycles. The zero-order valence-electron chi connectivity index (χ0n) is 11.4. The maximum absolute atomic E-state index is 9.98. The molecular weight excluding hydrogens is 288 g/mol. The number of aliphatic hydroxyl groups excluding tert-OH is 1. The highest BCUT2D eigenvalue weighted by atomic mass is 79.9. The first-order valence-corrected chi connectivity index (χ1v) is 7.94. The molecule has 0 aliphatic carbocycles. The highest BCUT2D eigenvalue weighted by molar-refractivity contribution is 9.10. The van der Waals surface area contributed by atoms with Crippen molar-refractivity contribution in [2.45, 2.75) is 64.4 Å². The van der Waals surface area contributed by atoms with Crippen LogP contribution in [0.25, 0.3) is 0 Å². The van der Waals surface area contributed by atoms with Crippen molar-refractivity contribution in [3.63, 3.8) is 0 Å². The van der Waals surface area contributed by atoms with Crippen molar-refractivity contribution in [2.75, 3.05) is 0 Å². The van der Waals surface area contributed by atoms with Crippen LogP contribution < -0.4 is 0 Å². The van der Waals surface area contributed by atoms with E-state index in [4.69, 9.17) is 0 Å². The van der Waals surface area contributed by atoms with Gasteiger partial charge in [0, 0.05) is 4.47 Å². The van der Waals surface area contributed by atoms with Crippen LogP contribution in [-0.4, -0.2) is 11.2 Å². The number of aliphatic hydroxyl groups is 1. The fourth-order valence-corrected chi connectivity index (χ4v) is 2.65. The van der Waals surface area contributed by atoms with Gasteiger partial charge in [-0.2, -0.15) is 0 Å². The van der Waals surface area contributed by atoms with E-state index in [-0.39, 0.29) is 6.10 Å². The summed E-state index contributed by atoms with van der Waals surface area (Å²) in [5, 5.41) is 9.98. The lowest BCUT2D eigenvalue weighted by molar-refractivity contribution is 0.161. The van der Waals surface area contributed by atoms with Gasteiger partial charge < -0.3 is 5.11 Å². The Kier molecular flexibility index (Phi) is 8.36. The number of hydrogen-bond donors (Lipinski definition) is 1. The van der Waals surface area contributed by atoms with Crippen molar-refractivity contribution in [3.05, 3.63) is 34.3 Å². The van der Waals surface area contributed by atoms with E-state index < -0.39 is 0 Å². The fourth-order valence-electron chi connectivity index (χ4n) is 2.20. The molecule has 1 aromatic rings. The molecule has 18 heavy (non-hydrogen) atoms. The number of benzene rings is 1. The van der Waals surface area contributed by atoms with Gasteiger partial charge in [-0.3, -0.25) is 0 Å². The Morgan fingerprint density at radius 1 is 1.11 bits per heavy atom. The summed E-state index contributed by atoms with van der Waals surface area (Å²) in [4.78, 5) is 0. The van der Waals surface area contributed by atoms with E-state index in [1.54, 1.807) is 0 Å². The van der Waals surface area contributed by atoms with Crippen LogP contribution in [0.4, 0.5) is 0 Å². The Hall–Kier alpha value is -0.340. The lowest BCUT2D eigenvalue weighted by atomic mass is 10.0. The lowest BCUT2D eigenvalue weighted by Gasteiger charge is -2.10. The zero-order valence-corrected chi connectivity index (χ0v) is 13.0. The second-order valence-electron chi connectivity index (χ2n) is 5.04. The minimum absolute atomic E-state index is 0.189. The van der Waals surface area contributed by atoms with Gasteiger partial charge in [-0.05, 0) is 30.5 Å². The normalized spacial score (nSPS) is 12.6. The largest absolute Gasteiger partial charge is 0.393 e. The predicted molar refractivity (Wildman–Crippen MR) is 81.8 cm³/mol. The number of hydrogen-bond acceptors (Lipinski definition) is 1. The van der Waals surface area contributed by atoms with Crippen LogP contribution in [0.3, 0.4) is 0 Å². The molecule has 0 saturated heterocycles. The van der Waals surface area contributed by atoms with Crippen LogP contribution in [0.5, 0.6) is 0 Å². The molecule has 1 aromatic carbocycles. The van der Waals surface area contributed by atoms with Gasteiger partial charge in [-0.15, -0.1) is 0 Å². The Bertz CT molecular complexity index is 325. The molecule has 1 nitrogen and oxygen atoms in total. The van der Waals surface area contributed by atoms with Gasteiger partial charge in [0.1, 0.15) is 0 Å². The van der Waals surface area contributed by atoms with Crippen LogP contribution in [-0.2, 0) is 6.42 Å². The third-order valence-electron chi connectivity index (χ3n) is 3.25. The average molecular weight is 313 g/mol. The third kappa shape index (κ3) is 7.17. The maximum atomic E-state index is 9.98. The average Bonchev–Trinajstić information content (AvgIpc) is 2.33. The molecule has 2 heteroatoms. The molecule has 1 rings (SSSR count). The van der Waals surface area contributed by atoms with Crippen molar-refractivity contribution < 1.29 is 5.11 Å². The number of unbranched alkanes of at least 4 members (excludes halogenated alkanes) is 5. The molecule has 1 N–H and O–H groups in total. The molecule has 0 amide bonds. The van der Waals surface area contributed by atoms with E-state index in [1.807, 2.05) is 12.1 Å². The van der Waals surface area contributed by atoms with Crippen LogP contribution in [0, 0.1) is 0 Å². The Morgan fingerprint density at radius 2 is 1.83 bits per heavy atom. The molecule has 0 aliphatic heterocycles. The molecule has 0 heterocycles. The van der Waals surface area contributed by atoms with E-state index in [1.165, 1.54) is 37.7 Å². The first kappa shape index (κ1) is 15.7. The van der Waals surface area contributed by atoms with Gasteiger partial charge in [0.25, 0.3) is 0 Å². The molecule has 102 valence electrons. The van der Waals surface area contributed by atoms with E-state index in [2.05, 4.69) is 35.0 Å². The SMILES string of the molecule is CCCCCCCCC(O)Cc1cccc(Br)c1. The van der Waals surface area contributed by atoms with Gasteiger partial charge in [-0.25, -0.2) is 0 Å². The van der Waals surface area contributed by atoms with Crippen molar-refractivity contribution in [3.8, 4) is 0 Å². The van der Waals surface area contributed by atoms with Crippen molar-refractivity contribution in [2.24, 2.45) is 0 Å². The van der Waals surface area contributed by atoms with Crippen LogP contribution in [0.1, 0.15) is 57.4 Å². The van der Waals surface area contributed by atoms with E-state index in [0.29, 0.717) is 0 Å². The van der Waals surface area contributed by atoms with Crippen molar-refractivity contribution in [1.29, 1.82) is 0 Å². The quantitative estimate of drug-likeness (QED) is 0.629. The van der Waals surface area contributed by atoms with Gasteiger partial charge in [0.15, 0.2) is 0 Å². The summed E-state index contributed by atoms with van der Waals surface area (Å²) in [6.45, 7) is 2.24. The first-order chi connectivity index (χ1) is 8.72. The van der Waals surface area contributed by atoms with Crippen LogP contribution >= 0.6 is 15.9 Å². The van der Waals surface area contributed by atoms with E-state index in [0.717, 1.165) is 23.7 Å². The fraction of sp³-hybridized carbons (Fsp3) is 0.625. The molecule has 0 bridgehead atoms. The monoisotopic (exact) mass is 312 g/mol. The predicted octanol–water partition coefficient (Wildman–Crippen LogP) is 5.10. The third-order valence-corrected chi connectivity index (χ3v) is 3.74. The summed E-state index contributed by atoms with van der Waals surface area (Å²) in [7, 11) is 0. The van der Waals surface area contributed by atoms with E-state index in [9.17, 15) is 5.11 Å². The van der Waals surface area contributed by atoms with Gasteiger partial charge in [-0.1, -0.05) is 73.5 Å². The molecule has 0 fully saturated rings. The highest BCUT2D eigenvalue weighted by Gasteiger charge is 2.05. The summed E-state index contributed by atoms with van der Waals surface area (Å²) in [6, 6.07) is 8.21. The van der Waals surface area contributed by atoms with Crippen molar-refractivity contribution >= 4 is 15.9 Å². The van der Waals surface area contributed by atoms with Crippen LogP contribution in [0.2, 0.25) is 0 Å². The standard InChI is InChI=1S/C16H25BrO/c1-2-3-4-5-6-7-11-16(18)13-14-9-8-10-15(17)12-14/h8-10,12,16,18H,2-7,11,13H2,1H3. The summed E-state index contributed by atoms with van der Waals surface area (Å²) in [5.41, 5.74) is 1.21. The molecular formula is C16H25BrO. The Labute approximate surface area is 120 Å². The summed E-state index contributed by atoms with van der Waals surface area (Å²) in [5.74, 6) is 0. The Balaban J connectivity index is 2.12. The highest BCUT2D eigenvalue weighted by Crippen LogP contribution is 2.15. The maximum Gasteiger partial charge on any atom is 0.0580 e. The minimum Gasteiger partial charge on any atom is -0.393 e. The second kappa shape index (κ2) is 9.57. The smallest absolute Gasteiger partial charge is 0.0580 e. The number of halogens is 1. The lowest BCUT2D eigenvalue weighted by Crippen LogP contribution is -2.10.